The molecule has 5 nitrogen and oxygen atoms in total. The molecule has 1 heterocycles. The van der Waals surface area contributed by atoms with Crippen molar-refractivity contribution >= 4 is 5.57 Å². The van der Waals surface area contributed by atoms with E-state index < -0.39 is 0 Å². The highest BCUT2D eigenvalue weighted by Gasteiger charge is 2.18. The second-order valence-corrected chi connectivity index (χ2v) is 4.16. The lowest BCUT2D eigenvalue weighted by Crippen LogP contribution is -2.33. The van der Waals surface area contributed by atoms with E-state index in [0.29, 0.717) is 13.0 Å². The number of aromatic nitrogens is 2. The number of hydrogen-bond acceptors (Lipinski definition) is 4. The van der Waals surface area contributed by atoms with Gasteiger partial charge in [-0.3, -0.25) is 4.79 Å². The highest BCUT2D eigenvalue weighted by atomic mass is 16.3. The predicted octanol–water partition coefficient (Wildman–Crippen LogP) is 0.0699. The van der Waals surface area contributed by atoms with Crippen LogP contribution in [0.5, 0.6) is 0 Å². The van der Waals surface area contributed by atoms with Crippen LogP contribution in [-0.2, 0) is 6.42 Å². The minimum absolute atomic E-state index is 0.0598. The number of hydrogen-bond donors (Lipinski definition) is 3. The molecule has 0 aliphatic heterocycles. The summed E-state index contributed by atoms with van der Waals surface area (Å²) in [6, 6.07) is 0.0990. The maximum absolute atomic E-state index is 11.5. The molecule has 5 heteroatoms. The smallest absolute Gasteiger partial charge is 0.254 e. The third-order valence-corrected chi connectivity index (χ3v) is 3.10. The molecule has 1 aromatic heterocycles. The molecule has 0 radical (unpaired) electrons. The number of nitrogens with zero attached hydrogens (tertiary/aromatic N) is 1. The van der Waals surface area contributed by atoms with Gasteiger partial charge in [0.2, 0.25) is 0 Å². The zero-order valence-corrected chi connectivity index (χ0v) is 9.86. The molecule has 0 aromatic carbocycles. The Morgan fingerprint density at radius 2 is 2.47 bits per heavy atom. The maximum Gasteiger partial charge on any atom is 0.254 e. The third-order valence-electron chi connectivity index (χ3n) is 3.10. The van der Waals surface area contributed by atoms with Crippen LogP contribution in [0.3, 0.4) is 0 Å². The van der Waals surface area contributed by atoms with Gasteiger partial charge in [0.1, 0.15) is 0 Å². The molecule has 0 unspecified atom stereocenters. The minimum Gasteiger partial charge on any atom is -0.395 e. The first-order valence-corrected chi connectivity index (χ1v) is 5.86. The minimum atomic E-state index is -0.0598. The molecule has 0 amide bonds. The van der Waals surface area contributed by atoms with Crippen LogP contribution in [0.25, 0.3) is 5.57 Å². The normalized spacial score (nSPS) is 15.5. The Morgan fingerprint density at radius 1 is 1.65 bits per heavy atom. The second kappa shape index (κ2) is 5.25. The second-order valence-electron chi connectivity index (χ2n) is 4.16. The van der Waals surface area contributed by atoms with Gasteiger partial charge in [-0.2, -0.15) is 0 Å². The Balaban J connectivity index is 2.07. The molecule has 0 spiro atoms. The molecule has 0 fully saturated rings. The number of allylic oxidation sites excluding steroid dienone is 1. The summed E-state index contributed by atoms with van der Waals surface area (Å²) >= 11 is 0. The van der Waals surface area contributed by atoms with E-state index in [2.05, 4.69) is 15.3 Å². The van der Waals surface area contributed by atoms with Crippen LogP contribution >= 0.6 is 0 Å². The van der Waals surface area contributed by atoms with E-state index in [1.807, 2.05) is 13.0 Å². The van der Waals surface area contributed by atoms with E-state index in [1.165, 1.54) is 6.33 Å². The molecular weight excluding hydrogens is 218 g/mol. The van der Waals surface area contributed by atoms with Crippen molar-refractivity contribution in [1.29, 1.82) is 0 Å². The lowest BCUT2D eigenvalue weighted by molar-refractivity contribution is 0.243. The molecule has 1 aliphatic rings. The van der Waals surface area contributed by atoms with Crippen LogP contribution in [0.1, 0.15) is 24.6 Å². The maximum atomic E-state index is 11.5. The molecule has 1 atom stereocenters. The van der Waals surface area contributed by atoms with Crippen LogP contribution in [0.2, 0.25) is 0 Å². The van der Waals surface area contributed by atoms with Gasteiger partial charge in [-0.15, -0.1) is 0 Å². The highest BCUT2D eigenvalue weighted by Crippen LogP contribution is 2.21. The van der Waals surface area contributed by atoms with E-state index >= 15 is 0 Å². The average Bonchev–Trinajstić information content (AvgIpc) is 2.75. The molecule has 1 aromatic rings. The van der Waals surface area contributed by atoms with Gasteiger partial charge >= 0.3 is 0 Å². The first-order valence-electron chi connectivity index (χ1n) is 5.86. The van der Waals surface area contributed by atoms with Crippen molar-refractivity contribution in [2.45, 2.75) is 25.8 Å². The third kappa shape index (κ3) is 2.45. The Kier molecular flexibility index (Phi) is 3.71. The monoisotopic (exact) mass is 235 g/mol. The molecule has 17 heavy (non-hydrogen) atoms. The summed E-state index contributed by atoms with van der Waals surface area (Å²) in [5.74, 6) is 0. The van der Waals surface area contributed by atoms with Crippen molar-refractivity contribution in [1.82, 2.24) is 15.3 Å². The molecule has 0 bridgehead atoms. The first-order chi connectivity index (χ1) is 8.26. The van der Waals surface area contributed by atoms with E-state index in [-0.39, 0.29) is 18.2 Å². The van der Waals surface area contributed by atoms with Crippen LogP contribution in [-0.4, -0.2) is 34.3 Å². The zero-order valence-electron chi connectivity index (χ0n) is 9.86. The number of aliphatic hydroxyl groups is 1. The lowest BCUT2D eigenvalue weighted by Gasteiger charge is -2.14. The van der Waals surface area contributed by atoms with E-state index in [9.17, 15) is 4.79 Å². The first kappa shape index (κ1) is 12.0. The summed E-state index contributed by atoms with van der Waals surface area (Å²) in [5.41, 5.74) is 2.50. The Labute approximate surface area is 99.6 Å². The van der Waals surface area contributed by atoms with Crippen LogP contribution < -0.4 is 10.9 Å². The van der Waals surface area contributed by atoms with Gasteiger partial charge in [0, 0.05) is 18.2 Å². The van der Waals surface area contributed by atoms with Gasteiger partial charge in [-0.1, -0.05) is 13.0 Å². The quantitative estimate of drug-likeness (QED) is 0.675. The number of aromatic amines is 1. The summed E-state index contributed by atoms with van der Waals surface area (Å²) in [4.78, 5) is 18.3. The number of aliphatic hydroxyl groups excluding tert-OH is 1. The van der Waals surface area contributed by atoms with E-state index in [1.54, 1.807) is 0 Å². The van der Waals surface area contributed by atoms with Gasteiger partial charge in [-0.05, 0) is 18.4 Å². The fourth-order valence-corrected chi connectivity index (χ4v) is 1.96. The Bertz CT molecular complexity index is 475. The van der Waals surface area contributed by atoms with Gasteiger partial charge in [-0.25, -0.2) is 4.98 Å². The molecule has 0 saturated carbocycles. The number of nitrogens with one attached hydrogen (secondary N) is 2. The molecule has 2 rings (SSSR count). The summed E-state index contributed by atoms with van der Waals surface area (Å²) in [5, 5.41) is 12.3. The summed E-state index contributed by atoms with van der Waals surface area (Å²) < 4.78 is 0. The topological polar surface area (TPSA) is 78.0 Å². The number of rotatable bonds is 5. The Morgan fingerprint density at radius 3 is 3.18 bits per heavy atom. The van der Waals surface area contributed by atoms with Crippen LogP contribution in [0.4, 0.5) is 0 Å². The summed E-state index contributed by atoms with van der Waals surface area (Å²) in [6.07, 6.45) is 4.97. The molecule has 0 saturated heterocycles. The average molecular weight is 235 g/mol. The van der Waals surface area contributed by atoms with Crippen molar-refractivity contribution in [3.63, 3.8) is 0 Å². The number of fused-ring (bicyclic) bond motifs is 1. The standard InChI is InChI=1S/C12H17N3O2/c1-2-9(6-16)13-5-8-3-4-10-11(8)14-7-15-12(10)17/h3,7,9,13,16H,2,4-6H2,1H3,(H,14,15,17)/t9-/m0/s1. The largest absolute Gasteiger partial charge is 0.395 e. The van der Waals surface area contributed by atoms with Crippen molar-refractivity contribution in [3.8, 4) is 0 Å². The van der Waals surface area contributed by atoms with Crippen molar-refractivity contribution < 1.29 is 5.11 Å². The number of H-pyrrole nitrogens is 1. The highest BCUT2D eigenvalue weighted by molar-refractivity contribution is 5.70. The van der Waals surface area contributed by atoms with Crippen molar-refractivity contribution in [2.24, 2.45) is 0 Å². The fourth-order valence-electron chi connectivity index (χ4n) is 1.96. The van der Waals surface area contributed by atoms with Gasteiger partial charge in [0.15, 0.2) is 0 Å². The lowest BCUT2D eigenvalue weighted by atomic mass is 10.1. The van der Waals surface area contributed by atoms with E-state index in [0.717, 1.165) is 23.3 Å². The van der Waals surface area contributed by atoms with E-state index in [4.69, 9.17) is 5.11 Å². The van der Waals surface area contributed by atoms with Gasteiger partial charge in [0.05, 0.1) is 18.6 Å². The van der Waals surface area contributed by atoms with Crippen LogP contribution in [0.15, 0.2) is 17.2 Å². The molecule has 92 valence electrons. The predicted molar refractivity (Wildman–Crippen MR) is 65.7 cm³/mol. The van der Waals surface area contributed by atoms with Crippen molar-refractivity contribution in [2.75, 3.05) is 13.2 Å². The van der Waals surface area contributed by atoms with Gasteiger partial charge < -0.3 is 15.4 Å². The van der Waals surface area contributed by atoms with Crippen LogP contribution in [0, 0.1) is 0 Å². The fraction of sp³-hybridized carbons (Fsp3) is 0.500. The zero-order chi connectivity index (χ0) is 12.3. The summed E-state index contributed by atoms with van der Waals surface area (Å²) in [6.45, 7) is 2.79. The molecular formula is C12H17N3O2. The molecule has 3 N–H and O–H groups in total. The van der Waals surface area contributed by atoms with Crippen molar-refractivity contribution in [3.05, 3.63) is 34.0 Å². The SMILES string of the molecule is CC[C@@H](CO)NCC1=CCc2c1nc[nH]c2=O. The summed E-state index contributed by atoms with van der Waals surface area (Å²) in [7, 11) is 0. The Hall–Kier alpha value is -1.46. The van der Waals surface area contributed by atoms with Gasteiger partial charge in [0.25, 0.3) is 5.56 Å². The molecule has 1 aliphatic carbocycles.